The molecule has 2 aromatic carbocycles. The van der Waals surface area contributed by atoms with Crippen molar-refractivity contribution in [1.82, 2.24) is 9.03 Å². The molecular formula is C31H40ClN3O6S. The van der Waals surface area contributed by atoms with E-state index in [1.54, 1.807) is 25.3 Å². The van der Waals surface area contributed by atoms with Crippen LogP contribution in [-0.2, 0) is 28.0 Å². The van der Waals surface area contributed by atoms with E-state index in [9.17, 15) is 18.3 Å². The Hall–Kier alpha value is -2.63. The molecule has 1 aliphatic carbocycles. The van der Waals surface area contributed by atoms with Gasteiger partial charge in [0.2, 0.25) is 0 Å². The van der Waals surface area contributed by atoms with Crippen LogP contribution >= 0.6 is 11.6 Å². The molecule has 2 aliphatic heterocycles. The number of hydrogen-bond donors (Lipinski definition) is 2. The molecule has 4 atom stereocenters. The fraction of sp³-hybridized carbons (Fsp3) is 0.516. The minimum atomic E-state index is -4.22. The second-order valence-corrected chi connectivity index (χ2v) is 13.6. The molecule has 0 spiro atoms. The van der Waals surface area contributed by atoms with Gasteiger partial charge in [0, 0.05) is 37.8 Å². The van der Waals surface area contributed by atoms with Crippen LogP contribution in [0.3, 0.4) is 0 Å². The fourth-order valence-electron chi connectivity index (χ4n) is 6.16. The first-order valence-electron chi connectivity index (χ1n) is 14.6. The molecule has 1 fully saturated rings. The standard InChI is InChI=1S/C31H40ClN3O6S/c1-34-26(19-36)7-5-8-29(40-2)27-13-10-23(27)18-35-15-4-3-6-21-16-25(32)12-9-24(21)20-41-30-14-11-22(17-28(30)35)31(37)33-42(34,38)39/h5,8-9,11-12,14,16-17,23,26-27,29,36H,3-4,6-7,10,13,15,18-20H2,1-2H3,(H,33,37)/b8-5+/t23-,26+,27+,29-/m0/s1. The number of ether oxygens (including phenoxy) is 2. The predicted octanol–water partition coefficient (Wildman–Crippen LogP) is 4.33. The lowest BCUT2D eigenvalue weighted by Crippen LogP contribution is -2.47. The number of amides is 1. The molecule has 1 amide bonds. The number of aliphatic hydroxyl groups excluding tert-OH is 1. The molecule has 0 radical (unpaired) electrons. The normalized spacial score (nSPS) is 27.7. The monoisotopic (exact) mass is 617 g/mol. The van der Waals surface area contributed by atoms with E-state index in [2.05, 4.69) is 9.62 Å². The highest BCUT2D eigenvalue weighted by Crippen LogP contribution is 2.41. The van der Waals surface area contributed by atoms with Gasteiger partial charge in [-0.05, 0) is 91.8 Å². The number of anilines is 1. The average molecular weight is 618 g/mol. The molecule has 9 nitrogen and oxygen atoms in total. The van der Waals surface area contributed by atoms with Crippen molar-refractivity contribution in [2.75, 3.05) is 38.8 Å². The van der Waals surface area contributed by atoms with E-state index in [0.29, 0.717) is 29.2 Å². The van der Waals surface area contributed by atoms with Crippen LogP contribution in [0.25, 0.3) is 0 Å². The molecule has 0 saturated heterocycles. The van der Waals surface area contributed by atoms with Gasteiger partial charge in [-0.25, -0.2) is 4.72 Å². The number of hydrogen-bond acceptors (Lipinski definition) is 7. The van der Waals surface area contributed by atoms with E-state index >= 15 is 0 Å². The predicted molar refractivity (Wildman–Crippen MR) is 163 cm³/mol. The van der Waals surface area contributed by atoms with Crippen LogP contribution in [0.15, 0.2) is 48.6 Å². The molecule has 2 N–H and O–H groups in total. The highest BCUT2D eigenvalue weighted by molar-refractivity contribution is 7.87. The van der Waals surface area contributed by atoms with E-state index in [-0.39, 0.29) is 24.7 Å². The maximum absolute atomic E-state index is 13.3. The van der Waals surface area contributed by atoms with Gasteiger partial charge < -0.3 is 19.5 Å². The van der Waals surface area contributed by atoms with Crippen LogP contribution in [0.5, 0.6) is 5.75 Å². The zero-order valence-electron chi connectivity index (χ0n) is 24.2. The summed E-state index contributed by atoms with van der Waals surface area (Å²) in [5.41, 5.74) is 3.22. The largest absolute Gasteiger partial charge is 0.487 e. The number of benzene rings is 2. The third-order valence-corrected chi connectivity index (χ3v) is 10.7. The van der Waals surface area contributed by atoms with Crippen molar-refractivity contribution in [3.63, 3.8) is 0 Å². The smallest absolute Gasteiger partial charge is 0.304 e. The Labute approximate surface area is 253 Å². The molecule has 11 heteroatoms. The summed E-state index contributed by atoms with van der Waals surface area (Å²) in [5, 5.41) is 10.7. The van der Waals surface area contributed by atoms with Crippen LogP contribution in [0.2, 0.25) is 5.02 Å². The average Bonchev–Trinajstić information content (AvgIpc) is 2.98. The second kappa shape index (κ2) is 13.3. The molecule has 42 heavy (non-hydrogen) atoms. The first-order chi connectivity index (χ1) is 20.2. The van der Waals surface area contributed by atoms with Gasteiger partial charge in [-0.3, -0.25) is 4.79 Å². The van der Waals surface area contributed by atoms with E-state index in [1.807, 2.05) is 30.4 Å². The summed E-state index contributed by atoms with van der Waals surface area (Å²) in [6, 6.07) is 10.2. The SMILES string of the molecule is CO[C@H]1/C=C/C[C@H](CO)N(C)S(=O)(=O)NC(=O)c2ccc3c(c2)N(CCCCc2cc(Cl)ccc2CO3)C[C@@H]2CC[C@H]21. The number of likely N-dealkylation sites (N-methyl/N-ethyl adjacent to an activating group) is 1. The van der Waals surface area contributed by atoms with E-state index in [1.165, 1.54) is 12.6 Å². The number of carbonyl (C=O) groups excluding carboxylic acids is 1. The minimum Gasteiger partial charge on any atom is -0.487 e. The first-order valence-corrected chi connectivity index (χ1v) is 16.4. The van der Waals surface area contributed by atoms with E-state index < -0.39 is 22.2 Å². The lowest BCUT2D eigenvalue weighted by molar-refractivity contribution is 0.0134. The van der Waals surface area contributed by atoms with Crippen molar-refractivity contribution in [3.05, 3.63) is 70.3 Å². The number of nitrogens with one attached hydrogen (secondary N) is 1. The Morgan fingerprint density at radius 2 is 1.98 bits per heavy atom. The Morgan fingerprint density at radius 1 is 1.14 bits per heavy atom. The summed E-state index contributed by atoms with van der Waals surface area (Å²) in [6.07, 6.45) is 8.89. The fourth-order valence-corrected chi connectivity index (χ4v) is 7.40. The number of aliphatic hydroxyl groups is 1. The highest BCUT2D eigenvalue weighted by atomic mass is 35.5. The van der Waals surface area contributed by atoms with Gasteiger partial charge in [-0.2, -0.15) is 12.7 Å². The lowest BCUT2D eigenvalue weighted by Gasteiger charge is -2.43. The third kappa shape index (κ3) is 6.78. The summed E-state index contributed by atoms with van der Waals surface area (Å²) in [5.74, 6) is 0.568. The molecule has 0 unspecified atom stereocenters. The summed E-state index contributed by atoms with van der Waals surface area (Å²) in [7, 11) is -1.16. The van der Waals surface area contributed by atoms with Crippen LogP contribution in [0.4, 0.5) is 5.69 Å². The molecule has 228 valence electrons. The first kappa shape index (κ1) is 30.8. The van der Waals surface area contributed by atoms with Crippen molar-refractivity contribution in [3.8, 4) is 5.75 Å². The zero-order valence-corrected chi connectivity index (χ0v) is 25.7. The van der Waals surface area contributed by atoms with Gasteiger partial charge in [0.25, 0.3) is 5.91 Å². The summed E-state index contributed by atoms with van der Waals surface area (Å²) in [4.78, 5) is 15.6. The molecule has 2 heterocycles. The van der Waals surface area contributed by atoms with Crippen molar-refractivity contribution in [1.29, 1.82) is 0 Å². The molecule has 2 aromatic rings. The number of fused-ring (bicyclic) bond motifs is 3. The molecule has 1 saturated carbocycles. The maximum Gasteiger partial charge on any atom is 0.304 e. The Kier molecular flexibility index (Phi) is 9.79. The highest BCUT2D eigenvalue weighted by Gasteiger charge is 2.38. The summed E-state index contributed by atoms with van der Waals surface area (Å²) >= 11 is 6.31. The second-order valence-electron chi connectivity index (χ2n) is 11.4. The molecule has 2 bridgehead atoms. The van der Waals surface area contributed by atoms with Gasteiger partial charge in [0.15, 0.2) is 0 Å². The number of methoxy groups -OCH3 is 1. The molecular weight excluding hydrogens is 578 g/mol. The van der Waals surface area contributed by atoms with Crippen molar-refractivity contribution >= 4 is 33.4 Å². The number of carbonyl (C=O) groups is 1. The Morgan fingerprint density at radius 3 is 2.71 bits per heavy atom. The molecule has 5 rings (SSSR count). The quantitative estimate of drug-likeness (QED) is 0.483. The van der Waals surface area contributed by atoms with Crippen LogP contribution < -0.4 is 14.4 Å². The van der Waals surface area contributed by atoms with Crippen molar-refractivity contribution in [2.24, 2.45) is 11.8 Å². The summed E-state index contributed by atoms with van der Waals surface area (Å²) < 4.78 is 41.8. The number of halogens is 1. The number of aryl methyl sites for hydroxylation is 1. The van der Waals surface area contributed by atoms with Crippen molar-refractivity contribution in [2.45, 2.75) is 57.3 Å². The van der Waals surface area contributed by atoms with Crippen molar-refractivity contribution < 1.29 is 27.8 Å². The third-order valence-electron chi connectivity index (χ3n) is 8.92. The van der Waals surface area contributed by atoms with Crippen LogP contribution in [-0.4, -0.2) is 69.7 Å². The molecule has 0 aromatic heterocycles. The molecule has 3 aliphatic rings. The zero-order chi connectivity index (χ0) is 29.9. The van der Waals surface area contributed by atoms with Gasteiger partial charge in [0.1, 0.15) is 12.4 Å². The van der Waals surface area contributed by atoms with E-state index in [4.69, 9.17) is 21.1 Å². The topological polar surface area (TPSA) is 108 Å². The number of nitrogens with zero attached hydrogens (tertiary/aromatic N) is 2. The Bertz CT molecular complexity index is 1420. The van der Waals surface area contributed by atoms with Gasteiger partial charge in [-0.15, -0.1) is 0 Å². The van der Waals surface area contributed by atoms with E-state index in [0.717, 1.165) is 60.7 Å². The number of rotatable bonds is 2. The summed E-state index contributed by atoms with van der Waals surface area (Å²) in [6.45, 7) is 1.48. The van der Waals surface area contributed by atoms with Gasteiger partial charge in [-0.1, -0.05) is 29.8 Å². The minimum absolute atomic E-state index is 0.122. The van der Waals surface area contributed by atoms with Crippen LogP contribution in [0, 0.1) is 11.8 Å². The lowest BCUT2D eigenvalue weighted by atomic mass is 9.70. The maximum atomic E-state index is 13.3. The van der Waals surface area contributed by atoms with Gasteiger partial charge in [0.05, 0.1) is 24.4 Å². The van der Waals surface area contributed by atoms with Crippen LogP contribution in [0.1, 0.15) is 53.6 Å². The Balaban J connectivity index is 1.55. The van der Waals surface area contributed by atoms with Gasteiger partial charge >= 0.3 is 10.2 Å².